The van der Waals surface area contributed by atoms with Crippen LogP contribution in [-0.2, 0) is 16.8 Å². The van der Waals surface area contributed by atoms with E-state index in [0.717, 1.165) is 36.8 Å². The van der Waals surface area contributed by atoms with E-state index in [0.29, 0.717) is 28.8 Å². The van der Waals surface area contributed by atoms with Gasteiger partial charge < -0.3 is 19.5 Å². The Balaban J connectivity index is 1.81. The number of hydrogen-bond donors (Lipinski definition) is 1. The summed E-state index contributed by atoms with van der Waals surface area (Å²) in [6.07, 6.45) is 3.77. The molecule has 1 aliphatic carbocycles. The largest absolute Gasteiger partial charge is 0.493 e. The summed E-state index contributed by atoms with van der Waals surface area (Å²) in [6, 6.07) is 11.3. The van der Waals surface area contributed by atoms with Crippen molar-refractivity contribution in [1.82, 2.24) is 5.32 Å². The van der Waals surface area contributed by atoms with Gasteiger partial charge in [-0.25, -0.2) is 0 Å². The first-order chi connectivity index (χ1) is 13.5. The van der Waals surface area contributed by atoms with Crippen LogP contribution < -0.4 is 19.5 Å². The Morgan fingerprint density at radius 1 is 1.00 bits per heavy atom. The molecule has 3 rings (SSSR count). The van der Waals surface area contributed by atoms with E-state index < -0.39 is 5.41 Å². The average Bonchev–Trinajstić information content (AvgIpc) is 3.22. The van der Waals surface area contributed by atoms with Crippen molar-refractivity contribution in [1.29, 1.82) is 0 Å². The first-order valence-electron chi connectivity index (χ1n) is 9.37. The lowest BCUT2D eigenvalue weighted by molar-refractivity contribution is -0.126. The Bertz CT molecular complexity index is 804. The number of rotatable bonds is 7. The number of carbonyl (C=O) groups excluding carboxylic acids is 1. The summed E-state index contributed by atoms with van der Waals surface area (Å²) in [6.45, 7) is 0.380. The van der Waals surface area contributed by atoms with Gasteiger partial charge in [-0.15, -0.1) is 0 Å². The van der Waals surface area contributed by atoms with Crippen LogP contribution in [-0.4, -0.2) is 27.2 Å². The second-order valence-corrected chi connectivity index (χ2v) is 7.45. The number of methoxy groups -OCH3 is 3. The fourth-order valence-electron chi connectivity index (χ4n) is 3.98. The molecule has 0 aromatic heterocycles. The Labute approximate surface area is 170 Å². The van der Waals surface area contributed by atoms with E-state index in [1.54, 1.807) is 21.3 Å². The molecular weight excluding hydrogens is 378 g/mol. The van der Waals surface area contributed by atoms with E-state index in [2.05, 4.69) is 5.32 Å². The molecule has 1 fully saturated rings. The van der Waals surface area contributed by atoms with Crippen LogP contribution in [0.5, 0.6) is 17.2 Å². The van der Waals surface area contributed by atoms with E-state index in [9.17, 15) is 4.79 Å². The molecule has 28 heavy (non-hydrogen) atoms. The van der Waals surface area contributed by atoms with Crippen molar-refractivity contribution >= 4 is 17.5 Å². The zero-order valence-corrected chi connectivity index (χ0v) is 17.3. The Hall–Kier alpha value is -2.40. The summed E-state index contributed by atoms with van der Waals surface area (Å²) >= 11 is 6.03. The highest BCUT2D eigenvalue weighted by Crippen LogP contribution is 2.42. The van der Waals surface area contributed by atoms with Crippen molar-refractivity contribution < 1.29 is 19.0 Å². The lowest BCUT2D eigenvalue weighted by Gasteiger charge is -2.28. The number of hydrogen-bond acceptors (Lipinski definition) is 4. The van der Waals surface area contributed by atoms with E-state index in [-0.39, 0.29) is 5.91 Å². The van der Waals surface area contributed by atoms with Gasteiger partial charge in [0.2, 0.25) is 11.7 Å². The van der Waals surface area contributed by atoms with Crippen LogP contribution in [0.4, 0.5) is 0 Å². The molecule has 1 saturated carbocycles. The highest BCUT2D eigenvalue weighted by Gasteiger charge is 2.42. The summed E-state index contributed by atoms with van der Waals surface area (Å²) < 4.78 is 16.1. The maximum atomic E-state index is 13.2. The molecule has 0 atom stereocenters. The third-order valence-electron chi connectivity index (χ3n) is 5.47. The van der Waals surface area contributed by atoms with Crippen molar-refractivity contribution in [3.63, 3.8) is 0 Å². The van der Waals surface area contributed by atoms with E-state index in [1.807, 2.05) is 36.4 Å². The minimum atomic E-state index is -0.495. The highest BCUT2D eigenvalue weighted by molar-refractivity contribution is 6.30. The molecule has 1 aliphatic rings. The van der Waals surface area contributed by atoms with E-state index >= 15 is 0 Å². The lowest BCUT2D eigenvalue weighted by Crippen LogP contribution is -2.42. The maximum absolute atomic E-state index is 13.2. The molecule has 1 N–H and O–H groups in total. The first kappa shape index (κ1) is 20.3. The zero-order valence-electron chi connectivity index (χ0n) is 16.5. The standard InChI is InChI=1S/C22H26ClNO4/c1-26-18-12-15(13-19(27-2)20(18)28-3)14-24-21(25)22(10-4-5-11-22)16-6-8-17(23)9-7-16/h6-9,12-13H,4-5,10-11,14H2,1-3H3,(H,24,25). The Morgan fingerprint density at radius 3 is 2.07 bits per heavy atom. The predicted molar refractivity (Wildman–Crippen MR) is 110 cm³/mol. The topological polar surface area (TPSA) is 56.8 Å². The van der Waals surface area contributed by atoms with Gasteiger partial charge in [-0.3, -0.25) is 4.79 Å². The molecule has 0 saturated heterocycles. The van der Waals surface area contributed by atoms with Crippen LogP contribution in [0.1, 0.15) is 36.8 Å². The van der Waals surface area contributed by atoms with Crippen LogP contribution in [0, 0.1) is 0 Å². The van der Waals surface area contributed by atoms with Crippen LogP contribution in [0.25, 0.3) is 0 Å². The maximum Gasteiger partial charge on any atom is 0.230 e. The van der Waals surface area contributed by atoms with Gasteiger partial charge in [0.05, 0.1) is 26.7 Å². The highest BCUT2D eigenvalue weighted by atomic mass is 35.5. The fraction of sp³-hybridized carbons (Fsp3) is 0.409. The number of carbonyl (C=O) groups is 1. The van der Waals surface area contributed by atoms with Crippen molar-refractivity contribution in [2.24, 2.45) is 0 Å². The lowest BCUT2D eigenvalue weighted by atomic mass is 9.78. The summed E-state index contributed by atoms with van der Waals surface area (Å²) in [7, 11) is 4.72. The molecule has 2 aromatic carbocycles. The predicted octanol–water partition coefficient (Wildman–Crippen LogP) is 4.49. The van der Waals surface area contributed by atoms with Crippen LogP contribution in [0.3, 0.4) is 0 Å². The molecule has 2 aromatic rings. The minimum Gasteiger partial charge on any atom is -0.493 e. The summed E-state index contributed by atoms with van der Waals surface area (Å²) in [5.41, 5.74) is 1.41. The number of ether oxygens (including phenoxy) is 3. The zero-order chi connectivity index (χ0) is 20.1. The van der Waals surface area contributed by atoms with Gasteiger partial charge in [-0.1, -0.05) is 36.6 Å². The molecule has 0 aliphatic heterocycles. The van der Waals surface area contributed by atoms with Crippen LogP contribution in [0.2, 0.25) is 5.02 Å². The molecule has 0 heterocycles. The molecule has 0 spiro atoms. The van der Waals surface area contributed by atoms with Crippen LogP contribution in [0.15, 0.2) is 36.4 Å². The monoisotopic (exact) mass is 403 g/mol. The Kier molecular flexibility index (Phi) is 6.35. The van der Waals surface area contributed by atoms with Gasteiger partial charge in [-0.2, -0.15) is 0 Å². The van der Waals surface area contributed by atoms with Gasteiger partial charge in [0.1, 0.15) is 0 Å². The van der Waals surface area contributed by atoms with Crippen molar-refractivity contribution in [2.75, 3.05) is 21.3 Å². The van der Waals surface area contributed by atoms with Crippen molar-refractivity contribution in [3.05, 3.63) is 52.5 Å². The second kappa shape index (κ2) is 8.74. The first-order valence-corrected chi connectivity index (χ1v) is 9.75. The third-order valence-corrected chi connectivity index (χ3v) is 5.72. The molecule has 0 unspecified atom stereocenters. The molecule has 6 heteroatoms. The molecular formula is C22H26ClNO4. The SMILES string of the molecule is COc1cc(CNC(=O)C2(c3ccc(Cl)cc3)CCCC2)cc(OC)c1OC. The molecule has 0 bridgehead atoms. The van der Waals surface area contributed by atoms with Gasteiger partial charge in [-0.05, 0) is 48.2 Å². The second-order valence-electron chi connectivity index (χ2n) is 7.01. The quantitative estimate of drug-likeness (QED) is 0.739. The summed E-state index contributed by atoms with van der Waals surface area (Å²) in [4.78, 5) is 13.2. The van der Waals surface area contributed by atoms with E-state index in [1.165, 1.54) is 0 Å². The fourth-order valence-corrected chi connectivity index (χ4v) is 4.11. The number of benzene rings is 2. The van der Waals surface area contributed by atoms with E-state index in [4.69, 9.17) is 25.8 Å². The number of halogens is 1. The third kappa shape index (κ3) is 3.90. The number of amides is 1. The van der Waals surface area contributed by atoms with Gasteiger partial charge in [0.15, 0.2) is 11.5 Å². The van der Waals surface area contributed by atoms with Crippen molar-refractivity contribution in [3.8, 4) is 17.2 Å². The van der Waals surface area contributed by atoms with Crippen LogP contribution >= 0.6 is 11.6 Å². The van der Waals surface area contributed by atoms with Gasteiger partial charge in [0, 0.05) is 11.6 Å². The summed E-state index contributed by atoms with van der Waals surface area (Å²) in [5, 5.41) is 3.79. The summed E-state index contributed by atoms with van der Waals surface area (Å²) in [5.74, 6) is 1.72. The number of nitrogens with one attached hydrogen (secondary N) is 1. The average molecular weight is 404 g/mol. The smallest absolute Gasteiger partial charge is 0.230 e. The molecule has 1 amide bonds. The van der Waals surface area contributed by atoms with Gasteiger partial charge >= 0.3 is 0 Å². The molecule has 150 valence electrons. The van der Waals surface area contributed by atoms with Gasteiger partial charge in [0.25, 0.3) is 0 Å². The molecule has 5 nitrogen and oxygen atoms in total. The Morgan fingerprint density at radius 2 is 1.57 bits per heavy atom. The van der Waals surface area contributed by atoms with Crippen molar-refractivity contribution in [2.45, 2.75) is 37.6 Å². The normalized spacial score (nSPS) is 15.1. The molecule has 0 radical (unpaired) electrons. The minimum absolute atomic E-state index is 0.0427.